The first-order valence-electron chi connectivity index (χ1n) is 9.56. The smallest absolute Gasteiger partial charge is 0.240 e. The second-order valence-electron chi connectivity index (χ2n) is 7.11. The fourth-order valence-electron chi connectivity index (χ4n) is 3.04. The molecule has 8 nitrogen and oxygen atoms in total. The largest absolute Gasteiger partial charge is 0.342 e. The van der Waals surface area contributed by atoms with Crippen LogP contribution in [0.3, 0.4) is 0 Å². The Balaban J connectivity index is 1.65. The predicted octanol–water partition coefficient (Wildman–Crippen LogP) is 2.30. The Kier molecular flexibility index (Phi) is 6.63. The monoisotopic (exact) mass is 427 g/mol. The van der Waals surface area contributed by atoms with E-state index in [0.717, 1.165) is 11.1 Å². The van der Waals surface area contributed by atoms with Crippen LogP contribution in [0.25, 0.3) is 0 Å². The number of nitrogens with one attached hydrogen (secondary N) is 3. The van der Waals surface area contributed by atoms with Gasteiger partial charge in [0.15, 0.2) is 5.82 Å². The summed E-state index contributed by atoms with van der Waals surface area (Å²) < 4.78 is 27.7. The molecule has 0 fully saturated rings. The number of aryl methyl sites for hydroxylation is 3. The number of carbonyl (C=O) groups excluding carboxylic acids is 1. The first kappa shape index (κ1) is 21.7. The highest BCUT2D eigenvalue weighted by Crippen LogP contribution is 2.19. The normalized spacial score (nSPS) is 12.5. The third-order valence-corrected chi connectivity index (χ3v) is 6.19. The molecule has 1 unspecified atom stereocenters. The molecule has 0 aliphatic carbocycles. The number of aromatic nitrogens is 3. The first-order valence-corrected chi connectivity index (χ1v) is 11.0. The lowest BCUT2D eigenvalue weighted by Gasteiger charge is -2.16. The van der Waals surface area contributed by atoms with Crippen molar-refractivity contribution in [3.05, 3.63) is 76.9 Å². The maximum atomic E-state index is 12.6. The van der Waals surface area contributed by atoms with E-state index in [1.54, 1.807) is 26.0 Å². The lowest BCUT2D eigenvalue weighted by molar-refractivity contribution is -0.121. The van der Waals surface area contributed by atoms with Gasteiger partial charge in [0, 0.05) is 13.0 Å². The van der Waals surface area contributed by atoms with Crippen molar-refractivity contribution in [1.29, 1.82) is 0 Å². The van der Waals surface area contributed by atoms with Crippen LogP contribution >= 0.6 is 0 Å². The van der Waals surface area contributed by atoms with Crippen LogP contribution in [0.2, 0.25) is 0 Å². The van der Waals surface area contributed by atoms with Crippen molar-refractivity contribution in [2.24, 2.45) is 0 Å². The number of sulfonamides is 1. The van der Waals surface area contributed by atoms with Gasteiger partial charge in [-0.3, -0.25) is 9.89 Å². The summed E-state index contributed by atoms with van der Waals surface area (Å²) in [5.41, 5.74) is 2.34. The van der Waals surface area contributed by atoms with Gasteiger partial charge < -0.3 is 5.32 Å². The molecule has 0 aliphatic rings. The molecular formula is C21H25N5O3S. The molecule has 0 bridgehead atoms. The van der Waals surface area contributed by atoms with Gasteiger partial charge in [-0.1, -0.05) is 42.5 Å². The van der Waals surface area contributed by atoms with Crippen LogP contribution in [-0.4, -0.2) is 36.1 Å². The molecule has 0 spiro atoms. The average Bonchev–Trinajstić information content (AvgIpc) is 3.14. The molecule has 3 aromatic rings. The van der Waals surface area contributed by atoms with Gasteiger partial charge in [-0.15, -0.1) is 0 Å². The Morgan fingerprint density at radius 1 is 1.10 bits per heavy atom. The van der Waals surface area contributed by atoms with Crippen LogP contribution in [0, 0.1) is 20.8 Å². The maximum Gasteiger partial charge on any atom is 0.240 e. The van der Waals surface area contributed by atoms with E-state index < -0.39 is 16.1 Å². The highest BCUT2D eigenvalue weighted by atomic mass is 32.2. The van der Waals surface area contributed by atoms with E-state index >= 15 is 0 Å². The summed E-state index contributed by atoms with van der Waals surface area (Å²) in [5.74, 6) is 0.777. The quantitative estimate of drug-likeness (QED) is 0.510. The van der Waals surface area contributed by atoms with Crippen molar-refractivity contribution >= 4 is 15.9 Å². The zero-order valence-corrected chi connectivity index (χ0v) is 18.0. The number of amides is 1. The van der Waals surface area contributed by atoms with Gasteiger partial charge in [-0.25, -0.2) is 18.1 Å². The topological polar surface area (TPSA) is 117 Å². The highest BCUT2D eigenvalue weighted by Gasteiger charge is 2.22. The molecule has 30 heavy (non-hydrogen) atoms. The fourth-order valence-corrected chi connectivity index (χ4v) is 4.40. The summed E-state index contributed by atoms with van der Waals surface area (Å²) in [4.78, 5) is 17.1. The minimum Gasteiger partial charge on any atom is -0.342 e. The van der Waals surface area contributed by atoms with E-state index in [-0.39, 0.29) is 23.8 Å². The predicted molar refractivity (Wildman–Crippen MR) is 113 cm³/mol. The highest BCUT2D eigenvalue weighted by molar-refractivity contribution is 7.89. The Morgan fingerprint density at radius 2 is 1.83 bits per heavy atom. The number of hydrogen-bond acceptors (Lipinski definition) is 5. The minimum absolute atomic E-state index is 0.0170. The van der Waals surface area contributed by atoms with Crippen LogP contribution < -0.4 is 10.0 Å². The van der Waals surface area contributed by atoms with Crippen LogP contribution in [0.5, 0.6) is 0 Å². The zero-order chi connectivity index (χ0) is 21.7. The molecule has 0 radical (unpaired) electrons. The van der Waals surface area contributed by atoms with Crippen molar-refractivity contribution in [2.75, 3.05) is 6.54 Å². The molecule has 158 valence electrons. The second kappa shape index (κ2) is 9.19. The molecule has 1 heterocycles. The van der Waals surface area contributed by atoms with Crippen LogP contribution in [-0.2, 0) is 14.8 Å². The number of aromatic amines is 1. The van der Waals surface area contributed by atoms with E-state index in [2.05, 4.69) is 25.2 Å². The van der Waals surface area contributed by atoms with Crippen LogP contribution in [0.1, 0.15) is 40.8 Å². The lowest BCUT2D eigenvalue weighted by Crippen LogP contribution is -2.34. The van der Waals surface area contributed by atoms with E-state index in [4.69, 9.17) is 0 Å². The fraction of sp³-hybridized carbons (Fsp3) is 0.286. The van der Waals surface area contributed by atoms with Crippen LogP contribution in [0.15, 0.2) is 53.4 Å². The molecule has 9 heteroatoms. The summed E-state index contributed by atoms with van der Waals surface area (Å²) in [7, 11) is -3.70. The number of hydrogen-bond donors (Lipinski definition) is 3. The van der Waals surface area contributed by atoms with E-state index in [1.807, 2.05) is 43.3 Å². The van der Waals surface area contributed by atoms with Gasteiger partial charge in [0.05, 0.1) is 4.90 Å². The van der Waals surface area contributed by atoms with Gasteiger partial charge in [0.25, 0.3) is 0 Å². The number of nitrogens with zero attached hydrogens (tertiary/aromatic N) is 2. The molecule has 0 aliphatic heterocycles. The molecule has 1 amide bonds. The van der Waals surface area contributed by atoms with Crippen molar-refractivity contribution < 1.29 is 13.2 Å². The number of carbonyl (C=O) groups is 1. The molecule has 1 aromatic heterocycles. The van der Waals surface area contributed by atoms with Crippen molar-refractivity contribution in [2.45, 2.75) is 38.1 Å². The Morgan fingerprint density at radius 3 is 2.50 bits per heavy atom. The van der Waals surface area contributed by atoms with Crippen LogP contribution in [0.4, 0.5) is 0 Å². The molecule has 3 N–H and O–H groups in total. The molecule has 0 saturated heterocycles. The van der Waals surface area contributed by atoms with Crippen molar-refractivity contribution in [3.8, 4) is 0 Å². The average molecular weight is 428 g/mol. The number of benzene rings is 2. The Labute approximate surface area is 176 Å². The molecule has 2 aromatic carbocycles. The Hall–Kier alpha value is -3.04. The maximum absolute atomic E-state index is 12.6. The van der Waals surface area contributed by atoms with E-state index in [1.165, 1.54) is 0 Å². The van der Waals surface area contributed by atoms with Gasteiger partial charge in [0.2, 0.25) is 15.9 Å². The van der Waals surface area contributed by atoms with Gasteiger partial charge in [-0.2, -0.15) is 5.10 Å². The standard InChI is InChI=1S/C21H25N5O3S/c1-14-9-10-15(2)18(13-14)30(28,29)22-12-11-19(27)24-20(17-7-5-4-6-8-17)21-23-16(3)25-26-21/h4-10,13,20,22H,11-12H2,1-3H3,(H,24,27)(H,23,25,26). The summed E-state index contributed by atoms with van der Waals surface area (Å²) in [5, 5.41) is 9.83. The third-order valence-electron chi connectivity index (χ3n) is 4.59. The lowest BCUT2D eigenvalue weighted by atomic mass is 10.1. The van der Waals surface area contributed by atoms with Gasteiger partial charge in [-0.05, 0) is 43.5 Å². The van der Waals surface area contributed by atoms with Gasteiger partial charge in [0.1, 0.15) is 11.9 Å². The number of rotatable bonds is 8. The van der Waals surface area contributed by atoms with E-state index in [0.29, 0.717) is 17.2 Å². The third kappa shape index (κ3) is 5.31. The molecule has 0 saturated carbocycles. The number of H-pyrrole nitrogens is 1. The SMILES string of the molecule is Cc1ccc(C)c(S(=O)(=O)NCCC(=O)NC(c2ccccc2)c2n[nH]c(C)n2)c1. The Bertz CT molecular complexity index is 1130. The summed E-state index contributed by atoms with van der Waals surface area (Å²) in [6.07, 6.45) is -0.0170. The summed E-state index contributed by atoms with van der Waals surface area (Å²) in [6, 6.07) is 14.1. The van der Waals surface area contributed by atoms with Crippen molar-refractivity contribution in [1.82, 2.24) is 25.2 Å². The summed E-state index contributed by atoms with van der Waals surface area (Å²) in [6.45, 7) is 5.34. The van der Waals surface area contributed by atoms with Gasteiger partial charge >= 0.3 is 0 Å². The minimum atomic E-state index is -3.70. The van der Waals surface area contributed by atoms with Crippen molar-refractivity contribution in [3.63, 3.8) is 0 Å². The second-order valence-corrected chi connectivity index (χ2v) is 8.84. The first-order chi connectivity index (χ1) is 14.3. The molecule has 3 rings (SSSR count). The molecule has 1 atom stereocenters. The summed E-state index contributed by atoms with van der Waals surface area (Å²) >= 11 is 0. The zero-order valence-electron chi connectivity index (χ0n) is 17.1. The van der Waals surface area contributed by atoms with E-state index in [9.17, 15) is 13.2 Å². The molecular weight excluding hydrogens is 402 g/mol.